The highest BCUT2D eigenvalue weighted by Gasteiger charge is 2.17. The van der Waals surface area contributed by atoms with Gasteiger partial charge in [0.1, 0.15) is 0 Å². The van der Waals surface area contributed by atoms with E-state index >= 15 is 0 Å². The van der Waals surface area contributed by atoms with Crippen molar-refractivity contribution in [3.05, 3.63) is 42.0 Å². The predicted octanol–water partition coefficient (Wildman–Crippen LogP) is 1.44. The lowest BCUT2D eigenvalue weighted by Crippen LogP contribution is -2.28. The molecule has 0 amide bonds. The third-order valence-electron chi connectivity index (χ3n) is 3.17. The Bertz CT molecular complexity index is 713. The van der Waals surface area contributed by atoms with Gasteiger partial charge in [-0.05, 0) is 23.9 Å². The van der Waals surface area contributed by atoms with Gasteiger partial charge in [-0.2, -0.15) is 0 Å². The molecule has 2 aromatic carbocycles. The van der Waals surface area contributed by atoms with E-state index in [0.29, 0.717) is 5.39 Å². The normalized spacial score (nSPS) is 11.9. The fourth-order valence-electron chi connectivity index (χ4n) is 2.15. The van der Waals surface area contributed by atoms with Crippen molar-refractivity contribution in [3.8, 4) is 0 Å². The Morgan fingerprint density at radius 1 is 1.10 bits per heavy atom. The fraction of sp³-hybridized carbons (Fsp3) is 0.333. The van der Waals surface area contributed by atoms with Crippen molar-refractivity contribution in [1.29, 1.82) is 0 Å². The molecule has 5 nitrogen and oxygen atoms in total. The van der Waals surface area contributed by atoms with Gasteiger partial charge in [0, 0.05) is 11.9 Å². The second kappa shape index (κ2) is 7.00. The smallest absolute Gasteiger partial charge is 0.241 e. The fourth-order valence-corrected chi connectivity index (χ4v) is 3.37. The number of aliphatic hydroxyl groups is 1. The highest BCUT2D eigenvalue weighted by atomic mass is 32.2. The minimum absolute atomic E-state index is 0.0741. The molecule has 0 bridgehead atoms. The van der Waals surface area contributed by atoms with E-state index in [1.165, 1.54) is 0 Å². The van der Waals surface area contributed by atoms with Crippen LogP contribution in [0.2, 0.25) is 0 Å². The number of aryl methyl sites for hydroxylation is 1. The first kappa shape index (κ1) is 15.9. The van der Waals surface area contributed by atoms with Crippen LogP contribution in [0, 0.1) is 6.92 Å². The quantitative estimate of drug-likeness (QED) is 0.759. The van der Waals surface area contributed by atoms with E-state index in [9.17, 15) is 8.42 Å². The van der Waals surface area contributed by atoms with Crippen molar-refractivity contribution in [2.45, 2.75) is 11.8 Å². The van der Waals surface area contributed by atoms with Crippen LogP contribution in [0.25, 0.3) is 10.8 Å². The second-order valence-corrected chi connectivity index (χ2v) is 6.40. The number of fused-ring (bicyclic) bond motifs is 1. The predicted molar refractivity (Wildman–Crippen MR) is 81.8 cm³/mol. The molecule has 0 fully saturated rings. The van der Waals surface area contributed by atoms with Crippen LogP contribution in [0.4, 0.5) is 0 Å². The molecule has 0 radical (unpaired) electrons. The molecule has 0 unspecified atom stereocenters. The lowest BCUT2D eigenvalue weighted by molar-refractivity contribution is 0.0961. The minimum atomic E-state index is -3.58. The van der Waals surface area contributed by atoms with Crippen molar-refractivity contribution in [2.75, 3.05) is 26.4 Å². The van der Waals surface area contributed by atoms with Gasteiger partial charge in [-0.1, -0.05) is 30.3 Å². The van der Waals surface area contributed by atoms with Crippen molar-refractivity contribution in [1.82, 2.24) is 4.72 Å². The summed E-state index contributed by atoms with van der Waals surface area (Å²) in [7, 11) is -3.58. The Morgan fingerprint density at radius 3 is 2.52 bits per heavy atom. The average Bonchev–Trinajstić information content (AvgIpc) is 2.47. The van der Waals surface area contributed by atoms with E-state index in [1.807, 2.05) is 25.1 Å². The standard InChI is InChI=1S/C15H19NO4S/c1-12-6-7-15(14-5-3-2-4-13(12)14)21(18,19)16-8-10-20-11-9-17/h2-7,16-17H,8-11H2,1H3. The summed E-state index contributed by atoms with van der Waals surface area (Å²) in [6.07, 6.45) is 0. The van der Waals surface area contributed by atoms with Crippen molar-refractivity contribution in [2.24, 2.45) is 0 Å². The molecule has 6 heteroatoms. The van der Waals surface area contributed by atoms with E-state index in [0.717, 1.165) is 10.9 Å². The van der Waals surface area contributed by atoms with Crippen LogP contribution in [0.5, 0.6) is 0 Å². The van der Waals surface area contributed by atoms with Gasteiger partial charge in [-0.15, -0.1) is 0 Å². The summed E-state index contributed by atoms with van der Waals surface area (Å²) in [5.74, 6) is 0. The van der Waals surface area contributed by atoms with Crippen LogP contribution in [0.3, 0.4) is 0 Å². The van der Waals surface area contributed by atoms with E-state index in [-0.39, 0.29) is 31.3 Å². The molecule has 21 heavy (non-hydrogen) atoms. The minimum Gasteiger partial charge on any atom is -0.394 e. The van der Waals surface area contributed by atoms with Crippen molar-refractivity contribution < 1.29 is 18.3 Å². The molecular weight excluding hydrogens is 290 g/mol. The summed E-state index contributed by atoms with van der Waals surface area (Å²) < 4.78 is 32.3. The third-order valence-corrected chi connectivity index (χ3v) is 4.68. The highest BCUT2D eigenvalue weighted by molar-refractivity contribution is 7.89. The summed E-state index contributed by atoms with van der Waals surface area (Å²) >= 11 is 0. The highest BCUT2D eigenvalue weighted by Crippen LogP contribution is 2.25. The maximum absolute atomic E-state index is 12.4. The van der Waals surface area contributed by atoms with Crippen LogP contribution in [-0.2, 0) is 14.8 Å². The lowest BCUT2D eigenvalue weighted by atomic mass is 10.1. The SMILES string of the molecule is Cc1ccc(S(=O)(=O)NCCOCCO)c2ccccc12. The molecule has 0 aliphatic heterocycles. The second-order valence-electron chi connectivity index (χ2n) is 4.66. The Morgan fingerprint density at radius 2 is 1.81 bits per heavy atom. The monoisotopic (exact) mass is 309 g/mol. The maximum atomic E-state index is 12.4. The van der Waals surface area contributed by atoms with Crippen LogP contribution >= 0.6 is 0 Å². The van der Waals surface area contributed by atoms with Crippen LogP contribution in [0.15, 0.2) is 41.3 Å². The summed E-state index contributed by atoms with van der Waals surface area (Å²) in [6, 6.07) is 10.9. The molecule has 2 aromatic rings. The number of benzene rings is 2. The van der Waals surface area contributed by atoms with Gasteiger partial charge in [-0.25, -0.2) is 13.1 Å². The molecular formula is C15H19NO4S. The molecule has 114 valence electrons. The topological polar surface area (TPSA) is 75.6 Å². The van der Waals surface area contributed by atoms with Crippen molar-refractivity contribution in [3.63, 3.8) is 0 Å². The molecule has 0 spiro atoms. The van der Waals surface area contributed by atoms with Crippen LogP contribution in [0.1, 0.15) is 5.56 Å². The van der Waals surface area contributed by atoms with Gasteiger partial charge in [0.25, 0.3) is 0 Å². The molecule has 0 saturated carbocycles. The van der Waals surface area contributed by atoms with Crippen LogP contribution < -0.4 is 4.72 Å². The maximum Gasteiger partial charge on any atom is 0.241 e. The molecule has 2 N–H and O–H groups in total. The molecule has 0 aromatic heterocycles. The Kier molecular flexibility index (Phi) is 5.30. The number of hydrogen-bond donors (Lipinski definition) is 2. The zero-order chi connectivity index (χ0) is 15.3. The molecule has 0 atom stereocenters. The largest absolute Gasteiger partial charge is 0.394 e. The van der Waals surface area contributed by atoms with Gasteiger partial charge in [-0.3, -0.25) is 0 Å². The number of nitrogens with one attached hydrogen (secondary N) is 1. The number of ether oxygens (including phenoxy) is 1. The van der Waals surface area contributed by atoms with Gasteiger partial charge in [0.15, 0.2) is 0 Å². The van der Waals surface area contributed by atoms with E-state index in [4.69, 9.17) is 9.84 Å². The molecule has 0 aliphatic rings. The number of sulfonamides is 1. The first-order valence-corrected chi connectivity index (χ1v) is 8.21. The van der Waals surface area contributed by atoms with Gasteiger partial charge >= 0.3 is 0 Å². The molecule has 0 heterocycles. The van der Waals surface area contributed by atoms with Gasteiger partial charge < -0.3 is 9.84 Å². The first-order chi connectivity index (χ1) is 10.1. The Balaban J connectivity index is 2.23. The Hall–Kier alpha value is -1.47. The van der Waals surface area contributed by atoms with E-state index in [1.54, 1.807) is 18.2 Å². The summed E-state index contributed by atoms with van der Waals surface area (Å²) in [5, 5.41) is 10.2. The average molecular weight is 309 g/mol. The number of hydrogen-bond acceptors (Lipinski definition) is 4. The first-order valence-electron chi connectivity index (χ1n) is 6.73. The van der Waals surface area contributed by atoms with E-state index in [2.05, 4.69) is 4.72 Å². The Labute approximate surface area is 124 Å². The van der Waals surface area contributed by atoms with E-state index < -0.39 is 10.0 Å². The lowest BCUT2D eigenvalue weighted by Gasteiger charge is -2.11. The van der Waals surface area contributed by atoms with Gasteiger partial charge in [0.05, 0.1) is 24.7 Å². The number of rotatable bonds is 7. The number of aliphatic hydroxyl groups excluding tert-OH is 1. The summed E-state index contributed by atoms with van der Waals surface area (Å²) in [6.45, 7) is 2.48. The third kappa shape index (κ3) is 3.79. The molecule has 0 saturated heterocycles. The zero-order valence-electron chi connectivity index (χ0n) is 11.9. The van der Waals surface area contributed by atoms with Gasteiger partial charge in [0.2, 0.25) is 10.0 Å². The van der Waals surface area contributed by atoms with Crippen molar-refractivity contribution >= 4 is 20.8 Å². The molecule has 2 rings (SSSR count). The zero-order valence-corrected chi connectivity index (χ0v) is 12.7. The van der Waals surface area contributed by atoms with Crippen LogP contribution in [-0.4, -0.2) is 39.9 Å². The summed E-state index contributed by atoms with van der Waals surface area (Å²) in [4.78, 5) is 0.269. The summed E-state index contributed by atoms with van der Waals surface area (Å²) in [5.41, 5.74) is 1.04. The molecule has 0 aliphatic carbocycles.